The molecule has 1 aromatic heterocycles. The van der Waals surface area contributed by atoms with Gasteiger partial charge in [-0.25, -0.2) is 4.79 Å². The molecule has 0 unspecified atom stereocenters. The first-order chi connectivity index (χ1) is 12.8. The molecule has 6 nitrogen and oxygen atoms in total. The maximum Gasteiger partial charge on any atom is 0.342 e. The molecule has 7 heteroatoms. The van der Waals surface area contributed by atoms with Crippen molar-refractivity contribution >= 4 is 34.2 Å². The van der Waals surface area contributed by atoms with Crippen molar-refractivity contribution in [3.05, 3.63) is 40.8 Å². The van der Waals surface area contributed by atoms with Crippen LogP contribution in [0.25, 0.3) is 11.1 Å². The number of carboxylic acids is 1. The molecule has 2 rings (SSSR count). The summed E-state index contributed by atoms with van der Waals surface area (Å²) in [4.78, 5) is 35.3. The van der Waals surface area contributed by atoms with Gasteiger partial charge in [0.05, 0.1) is 6.10 Å². The molecule has 2 N–H and O–H groups in total. The number of ether oxygens (including phenoxy) is 1. The molecule has 1 aromatic carbocycles. The van der Waals surface area contributed by atoms with Gasteiger partial charge in [-0.1, -0.05) is 29.8 Å². The molecular weight excluding hydrogens is 366 g/mol. The van der Waals surface area contributed by atoms with E-state index in [1.54, 1.807) is 13.8 Å². The average molecular weight is 389 g/mol. The van der Waals surface area contributed by atoms with Crippen LogP contribution in [-0.2, 0) is 14.3 Å². The van der Waals surface area contributed by atoms with Gasteiger partial charge in [0.2, 0.25) is 5.91 Å². The quantitative estimate of drug-likeness (QED) is 0.649. The van der Waals surface area contributed by atoms with Crippen LogP contribution in [0.4, 0.5) is 5.00 Å². The van der Waals surface area contributed by atoms with Gasteiger partial charge in [-0.15, -0.1) is 11.3 Å². The lowest BCUT2D eigenvalue weighted by Gasteiger charge is -2.12. The van der Waals surface area contributed by atoms with Crippen LogP contribution >= 0.6 is 11.3 Å². The zero-order chi connectivity index (χ0) is 20.0. The highest BCUT2D eigenvalue weighted by atomic mass is 32.1. The van der Waals surface area contributed by atoms with E-state index < -0.39 is 11.9 Å². The summed E-state index contributed by atoms with van der Waals surface area (Å²) in [6, 6.07) is 7.74. The highest BCUT2D eigenvalue weighted by Crippen LogP contribution is 2.36. The first-order valence-corrected chi connectivity index (χ1v) is 9.57. The number of aryl methyl sites for hydroxylation is 1. The Morgan fingerprint density at radius 1 is 1.15 bits per heavy atom. The summed E-state index contributed by atoms with van der Waals surface area (Å²) in [7, 11) is 0. The molecule has 0 saturated carbocycles. The predicted molar refractivity (Wildman–Crippen MR) is 105 cm³/mol. The third kappa shape index (κ3) is 5.92. The summed E-state index contributed by atoms with van der Waals surface area (Å²) in [5, 5.41) is 13.6. The molecule has 0 aliphatic rings. The number of hydrogen-bond acceptors (Lipinski definition) is 5. The third-order valence-corrected chi connectivity index (χ3v) is 4.64. The number of aliphatic carboxylic acids is 1. The zero-order valence-corrected chi connectivity index (χ0v) is 16.4. The molecule has 27 heavy (non-hydrogen) atoms. The molecule has 0 spiro atoms. The van der Waals surface area contributed by atoms with Crippen molar-refractivity contribution in [2.75, 3.05) is 5.32 Å². The lowest BCUT2D eigenvalue weighted by molar-refractivity contribution is -0.137. The summed E-state index contributed by atoms with van der Waals surface area (Å²) >= 11 is 1.25. The van der Waals surface area contributed by atoms with Crippen molar-refractivity contribution in [1.82, 2.24) is 0 Å². The van der Waals surface area contributed by atoms with E-state index in [4.69, 9.17) is 9.84 Å². The monoisotopic (exact) mass is 389 g/mol. The largest absolute Gasteiger partial charge is 0.481 e. The number of carboxylic acid groups (broad SMARTS) is 1. The fraction of sp³-hybridized carbons (Fsp3) is 0.350. The Balaban J connectivity index is 2.28. The lowest BCUT2D eigenvalue weighted by Crippen LogP contribution is -2.16. The summed E-state index contributed by atoms with van der Waals surface area (Å²) in [6.07, 6.45) is -0.0528. The molecule has 0 bridgehead atoms. The van der Waals surface area contributed by atoms with Crippen LogP contribution in [0.1, 0.15) is 49.0 Å². The van der Waals surface area contributed by atoms with E-state index >= 15 is 0 Å². The number of carbonyl (C=O) groups excluding carboxylic acids is 2. The Kier molecular flexibility index (Phi) is 7.12. The van der Waals surface area contributed by atoms with Crippen LogP contribution in [-0.4, -0.2) is 29.1 Å². The molecule has 0 aliphatic carbocycles. The molecule has 1 amide bonds. The predicted octanol–water partition coefficient (Wildman–Crippen LogP) is 4.48. The van der Waals surface area contributed by atoms with Crippen molar-refractivity contribution in [3.8, 4) is 11.1 Å². The Morgan fingerprint density at radius 2 is 1.81 bits per heavy atom. The van der Waals surface area contributed by atoms with E-state index in [0.29, 0.717) is 16.1 Å². The molecule has 1 heterocycles. The molecule has 0 atom stereocenters. The first kappa shape index (κ1) is 20.6. The molecule has 2 aromatic rings. The van der Waals surface area contributed by atoms with Gasteiger partial charge in [0.1, 0.15) is 10.6 Å². The number of anilines is 1. The van der Waals surface area contributed by atoms with Crippen LogP contribution in [0.15, 0.2) is 29.6 Å². The van der Waals surface area contributed by atoms with Crippen molar-refractivity contribution < 1.29 is 24.2 Å². The number of thiophene rings is 1. The van der Waals surface area contributed by atoms with Crippen LogP contribution in [0, 0.1) is 6.92 Å². The van der Waals surface area contributed by atoms with Gasteiger partial charge in [-0.2, -0.15) is 0 Å². The van der Waals surface area contributed by atoms with E-state index in [1.807, 2.05) is 36.6 Å². The first-order valence-electron chi connectivity index (χ1n) is 8.69. The van der Waals surface area contributed by atoms with E-state index in [0.717, 1.165) is 11.1 Å². The lowest BCUT2D eigenvalue weighted by atomic mass is 10.0. The second kappa shape index (κ2) is 9.32. The van der Waals surface area contributed by atoms with Crippen molar-refractivity contribution in [2.24, 2.45) is 0 Å². The Bertz CT molecular complexity index is 823. The van der Waals surface area contributed by atoms with Crippen molar-refractivity contribution in [1.29, 1.82) is 0 Å². The normalized spacial score (nSPS) is 10.7. The van der Waals surface area contributed by atoms with Gasteiger partial charge >= 0.3 is 11.9 Å². The van der Waals surface area contributed by atoms with Crippen LogP contribution in [0.3, 0.4) is 0 Å². The van der Waals surface area contributed by atoms with E-state index in [2.05, 4.69) is 5.32 Å². The second-order valence-corrected chi connectivity index (χ2v) is 7.35. The minimum absolute atomic E-state index is 0.0722. The molecule has 144 valence electrons. The topological polar surface area (TPSA) is 92.7 Å². The van der Waals surface area contributed by atoms with E-state index in [9.17, 15) is 14.4 Å². The van der Waals surface area contributed by atoms with Crippen molar-refractivity contribution in [2.45, 2.75) is 46.1 Å². The minimum atomic E-state index is -0.943. The van der Waals surface area contributed by atoms with Crippen LogP contribution in [0.2, 0.25) is 0 Å². The Labute approximate surface area is 162 Å². The van der Waals surface area contributed by atoms with E-state index in [-0.39, 0.29) is 31.3 Å². The Morgan fingerprint density at radius 3 is 2.41 bits per heavy atom. The zero-order valence-electron chi connectivity index (χ0n) is 15.6. The number of nitrogens with one attached hydrogen (secondary N) is 1. The SMILES string of the molecule is Cc1ccc(-c2csc(NC(=O)CCCC(=O)O)c2C(=O)OC(C)C)cc1. The second-order valence-electron chi connectivity index (χ2n) is 6.47. The number of rotatable bonds is 8. The minimum Gasteiger partial charge on any atom is -0.481 e. The molecule has 0 radical (unpaired) electrons. The number of amides is 1. The van der Waals surface area contributed by atoms with Crippen molar-refractivity contribution in [3.63, 3.8) is 0 Å². The van der Waals surface area contributed by atoms with Gasteiger partial charge in [0.15, 0.2) is 0 Å². The van der Waals surface area contributed by atoms with Gasteiger partial charge in [-0.3, -0.25) is 9.59 Å². The van der Waals surface area contributed by atoms with Gasteiger partial charge in [0.25, 0.3) is 0 Å². The maximum atomic E-state index is 12.6. The maximum absolute atomic E-state index is 12.6. The summed E-state index contributed by atoms with van der Waals surface area (Å²) in [6.45, 7) is 5.51. The van der Waals surface area contributed by atoms with Gasteiger partial charge < -0.3 is 15.2 Å². The summed E-state index contributed by atoms with van der Waals surface area (Å²) in [5.41, 5.74) is 2.99. The van der Waals surface area contributed by atoms with E-state index in [1.165, 1.54) is 11.3 Å². The highest BCUT2D eigenvalue weighted by Gasteiger charge is 2.23. The number of esters is 1. The number of hydrogen-bond donors (Lipinski definition) is 2. The standard InChI is InChI=1S/C20H23NO5S/c1-12(2)26-20(25)18-15(14-9-7-13(3)8-10-14)11-27-19(18)21-16(22)5-4-6-17(23)24/h7-12H,4-6H2,1-3H3,(H,21,22)(H,23,24). The summed E-state index contributed by atoms with van der Waals surface area (Å²) in [5.74, 6) is -1.77. The molecule has 0 fully saturated rings. The fourth-order valence-corrected chi connectivity index (χ4v) is 3.43. The summed E-state index contributed by atoms with van der Waals surface area (Å²) < 4.78 is 5.35. The highest BCUT2D eigenvalue weighted by molar-refractivity contribution is 7.15. The van der Waals surface area contributed by atoms with Gasteiger partial charge in [0, 0.05) is 23.8 Å². The van der Waals surface area contributed by atoms with Gasteiger partial charge in [-0.05, 0) is 32.8 Å². The smallest absolute Gasteiger partial charge is 0.342 e. The third-order valence-electron chi connectivity index (χ3n) is 3.75. The Hall–Kier alpha value is -2.67. The van der Waals surface area contributed by atoms with Crippen LogP contribution in [0.5, 0.6) is 0 Å². The van der Waals surface area contributed by atoms with Crippen LogP contribution < -0.4 is 5.32 Å². The molecule has 0 aliphatic heterocycles. The fourth-order valence-electron chi connectivity index (χ4n) is 2.46. The molecular formula is C20H23NO5S. The number of benzene rings is 1. The number of carbonyl (C=O) groups is 3. The molecule has 0 saturated heterocycles. The average Bonchev–Trinajstić information content (AvgIpc) is 2.98.